The van der Waals surface area contributed by atoms with Crippen molar-refractivity contribution < 1.29 is 9.21 Å². The standard InChI is InChI=1S/C19H22N6O2/c1-13-22-24-18(27-13)12-25-9-6-14(7-10-25)19(26)21-16-4-2-3-15(11-16)17-5-8-20-23-17/h2-5,8,11,14H,6-7,9-10,12H2,1H3,(H,20,23)(H,21,26). The molecule has 8 nitrogen and oxygen atoms in total. The lowest BCUT2D eigenvalue weighted by Gasteiger charge is -2.30. The number of hydrogen-bond donors (Lipinski definition) is 2. The van der Waals surface area contributed by atoms with Crippen molar-refractivity contribution in [2.24, 2.45) is 5.92 Å². The van der Waals surface area contributed by atoms with E-state index in [9.17, 15) is 4.79 Å². The molecule has 4 rings (SSSR count). The van der Waals surface area contributed by atoms with Gasteiger partial charge in [0, 0.05) is 30.3 Å². The number of piperidine rings is 1. The molecular formula is C19H22N6O2. The van der Waals surface area contributed by atoms with Crippen LogP contribution in [0.5, 0.6) is 0 Å². The quantitative estimate of drug-likeness (QED) is 0.720. The largest absolute Gasteiger partial charge is 0.424 e. The summed E-state index contributed by atoms with van der Waals surface area (Å²) in [6, 6.07) is 9.69. The molecular weight excluding hydrogens is 344 g/mol. The van der Waals surface area contributed by atoms with Gasteiger partial charge in [0.25, 0.3) is 0 Å². The van der Waals surface area contributed by atoms with Gasteiger partial charge in [0.2, 0.25) is 17.7 Å². The predicted molar refractivity (Wildman–Crippen MR) is 99.7 cm³/mol. The number of amides is 1. The SMILES string of the molecule is Cc1nnc(CN2CCC(C(=O)Nc3cccc(-c4ccn[nH]4)c3)CC2)o1. The van der Waals surface area contributed by atoms with Gasteiger partial charge in [-0.05, 0) is 44.1 Å². The lowest BCUT2D eigenvalue weighted by atomic mass is 9.95. The Bertz CT molecular complexity index is 897. The molecule has 0 saturated carbocycles. The summed E-state index contributed by atoms with van der Waals surface area (Å²) in [7, 11) is 0. The minimum absolute atomic E-state index is 0.0153. The maximum atomic E-state index is 12.6. The van der Waals surface area contributed by atoms with E-state index in [-0.39, 0.29) is 11.8 Å². The summed E-state index contributed by atoms with van der Waals surface area (Å²) in [6.45, 7) is 4.11. The van der Waals surface area contributed by atoms with Crippen LogP contribution < -0.4 is 5.32 Å². The molecule has 1 aliphatic heterocycles. The van der Waals surface area contributed by atoms with Crippen LogP contribution in [0, 0.1) is 12.8 Å². The molecule has 3 aromatic rings. The summed E-state index contributed by atoms with van der Waals surface area (Å²) in [4.78, 5) is 14.9. The highest BCUT2D eigenvalue weighted by Gasteiger charge is 2.26. The van der Waals surface area contributed by atoms with Gasteiger partial charge in [0.1, 0.15) is 0 Å². The van der Waals surface area contributed by atoms with Gasteiger partial charge in [-0.3, -0.25) is 14.8 Å². The first-order chi connectivity index (χ1) is 13.2. The molecule has 0 unspecified atom stereocenters. The van der Waals surface area contributed by atoms with Gasteiger partial charge in [-0.2, -0.15) is 5.10 Å². The molecule has 1 saturated heterocycles. The maximum absolute atomic E-state index is 12.6. The number of rotatable bonds is 5. The fraction of sp³-hybridized carbons (Fsp3) is 0.368. The highest BCUT2D eigenvalue weighted by molar-refractivity contribution is 5.93. The number of hydrogen-bond acceptors (Lipinski definition) is 6. The van der Waals surface area contributed by atoms with Crippen LogP contribution in [0.15, 0.2) is 40.9 Å². The number of nitrogens with one attached hydrogen (secondary N) is 2. The molecule has 0 spiro atoms. The van der Waals surface area contributed by atoms with Gasteiger partial charge in [0.15, 0.2) is 0 Å². The lowest BCUT2D eigenvalue weighted by molar-refractivity contribution is -0.121. The van der Waals surface area contributed by atoms with E-state index in [0.717, 1.165) is 42.9 Å². The van der Waals surface area contributed by atoms with Gasteiger partial charge >= 0.3 is 0 Å². The van der Waals surface area contributed by atoms with Gasteiger partial charge in [-0.25, -0.2) is 0 Å². The van der Waals surface area contributed by atoms with Crippen LogP contribution in [0.2, 0.25) is 0 Å². The number of carbonyl (C=O) groups excluding carboxylic acids is 1. The Labute approximate surface area is 157 Å². The summed E-state index contributed by atoms with van der Waals surface area (Å²) in [5, 5.41) is 17.8. The van der Waals surface area contributed by atoms with Crippen molar-refractivity contribution in [2.45, 2.75) is 26.3 Å². The average Bonchev–Trinajstić information content (AvgIpc) is 3.35. The Hall–Kier alpha value is -3.00. The third-order valence-corrected chi connectivity index (χ3v) is 4.83. The summed E-state index contributed by atoms with van der Waals surface area (Å²) in [5.74, 6) is 1.30. The van der Waals surface area contributed by atoms with Crippen LogP contribution in [0.4, 0.5) is 5.69 Å². The summed E-state index contributed by atoms with van der Waals surface area (Å²) < 4.78 is 5.43. The first-order valence-corrected chi connectivity index (χ1v) is 9.09. The zero-order chi connectivity index (χ0) is 18.6. The monoisotopic (exact) mass is 366 g/mol. The number of benzene rings is 1. The number of aromatic nitrogens is 4. The molecule has 0 atom stereocenters. The van der Waals surface area contributed by atoms with Crippen LogP contribution >= 0.6 is 0 Å². The molecule has 0 aliphatic carbocycles. The van der Waals surface area contributed by atoms with Crippen molar-refractivity contribution in [3.8, 4) is 11.3 Å². The second kappa shape index (κ2) is 7.71. The van der Waals surface area contributed by atoms with E-state index < -0.39 is 0 Å². The number of aromatic amines is 1. The molecule has 0 radical (unpaired) electrons. The molecule has 140 valence electrons. The number of likely N-dealkylation sites (tertiary alicyclic amines) is 1. The summed E-state index contributed by atoms with van der Waals surface area (Å²) in [5.41, 5.74) is 2.72. The molecule has 1 amide bonds. The zero-order valence-corrected chi connectivity index (χ0v) is 15.2. The van der Waals surface area contributed by atoms with Crippen molar-refractivity contribution in [3.05, 3.63) is 48.3 Å². The second-order valence-corrected chi connectivity index (χ2v) is 6.81. The van der Waals surface area contributed by atoms with Crippen molar-refractivity contribution >= 4 is 11.6 Å². The molecule has 27 heavy (non-hydrogen) atoms. The molecule has 2 N–H and O–H groups in total. The minimum Gasteiger partial charge on any atom is -0.424 e. The first-order valence-electron chi connectivity index (χ1n) is 9.09. The molecule has 0 bridgehead atoms. The summed E-state index contributed by atoms with van der Waals surface area (Å²) in [6.07, 6.45) is 3.35. The Kier molecular flexibility index (Phi) is 4.97. The average molecular weight is 366 g/mol. The zero-order valence-electron chi connectivity index (χ0n) is 15.2. The second-order valence-electron chi connectivity index (χ2n) is 6.81. The third-order valence-electron chi connectivity index (χ3n) is 4.83. The van der Waals surface area contributed by atoms with Crippen LogP contribution in [0.3, 0.4) is 0 Å². The van der Waals surface area contributed by atoms with Crippen molar-refractivity contribution in [3.63, 3.8) is 0 Å². The van der Waals surface area contributed by atoms with E-state index in [4.69, 9.17) is 4.42 Å². The van der Waals surface area contributed by atoms with Crippen LogP contribution in [-0.2, 0) is 11.3 Å². The topological polar surface area (TPSA) is 99.9 Å². The van der Waals surface area contributed by atoms with Crippen LogP contribution in [0.25, 0.3) is 11.3 Å². The Morgan fingerprint density at radius 3 is 2.85 bits per heavy atom. The molecule has 3 heterocycles. The maximum Gasteiger partial charge on any atom is 0.230 e. The van der Waals surface area contributed by atoms with Crippen molar-refractivity contribution in [2.75, 3.05) is 18.4 Å². The number of anilines is 1. The van der Waals surface area contributed by atoms with E-state index in [1.165, 1.54) is 0 Å². The van der Waals surface area contributed by atoms with E-state index in [1.807, 2.05) is 30.3 Å². The number of carbonyl (C=O) groups is 1. The fourth-order valence-electron chi connectivity index (χ4n) is 3.37. The number of H-pyrrole nitrogens is 1. The van der Waals surface area contributed by atoms with Gasteiger partial charge in [0.05, 0.1) is 12.2 Å². The van der Waals surface area contributed by atoms with E-state index in [1.54, 1.807) is 13.1 Å². The number of aryl methyl sites for hydroxylation is 1. The smallest absolute Gasteiger partial charge is 0.230 e. The van der Waals surface area contributed by atoms with E-state index >= 15 is 0 Å². The van der Waals surface area contributed by atoms with Crippen molar-refractivity contribution in [1.29, 1.82) is 0 Å². The molecule has 2 aromatic heterocycles. The Morgan fingerprint density at radius 1 is 1.30 bits per heavy atom. The molecule has 8 heteroatoms. The number of nitrogens with zero attached hydrogens (tertiary/aromatic N) is 4. The molecule has 1 fully saturated rings. The Morgan fingerprint density at radius 2 is 2.15 bits per heavy atom. The Balaban J connectivity index is 1.31. The first kappa shape index (κ1) is 17.4. The third kappa shape index (κ3) is 4.22. The lowest BCUT2D eigenvalue weighted by Crippen LogP contribution is -2.37. The van der Waals surface area contributed by atoms with E-state index in [2.05, 4.69) is 30.6 Å². The highest BCUT2D eigenvalue weighted by Crippen LogP contribution is 2.23. The minimum atomic E-state index is 0.0153. The summed E-state index contributed by atoms with van der Waals surface area (Å²) >= 11 is 0. The van der Waals surface area contributed by atoms with E-state index in [0.29, 0.717) is 18.3 Å². The highest BCUT2D eigenvalue weighted by atomic mass is 16.4. The normalized spacial score (nSPS) is 15.7. The van der Waals surface area contributed by atoms with Crippen LogP contribution in [0.1, 0.15) is 24.6 Å². The van der Waals surface area contributed by atoms with Gasteiger partial charge in [-0.15, -0.1) is 10.2 Å². The van der Waals surface area contributed by atoms with Gasteiger partial charge < -0.3 is 9.73 Å². The van der Waals surface area contributed by atoms with Gasteiger partial charge in [-0.1, -0.05) is 12.1 Å². The van der Waals surface area contributed by atoms with Crippen LogP contribution in [-0.4, -0.2) is 44.3 Å². The molecule has 1 aromatic carbocycles. The van der Waals surface area contributed by atoms with Crippen molar-refractivity contribution in [1.82, 2.24) is 25.3 Å². The fourth-order valence-corrected chi connectivity index (χ4v) is 3.37. The predicted octanol–water partition coefficient (Wildman–Crippen LogP) is 2.62. The molecule has 1 aliphatic rings.